The molecule has 1 amide bonds. The first kappa shape index (κ1) is 15.8. The van der Waals surface area contributed by atoms with E-state index in [1.165, 1.54) is 30.5 Å². The number of carbonyl (C=O) groups excluding carboxylic acids is 1. The number of carbonyl (C=O) groups is 1. The third kappa shape index (κ3) is 3.25. The number of benzene rings is 3. The Morgan fingerprint density at radius 1 is 1.00 bits per heavy atom. The summed E-state index contributed by atoms with van der Waals surface area (Å²) in [4.78, 5) is 16.6. The Hall–Kier alpha value is -3.67. The first-order chi connectivity index (χ1) is 12.7. The molecular formula is C20H13FN2O3. The summed E-state index contributed by atoms with van der Waals surface area (Å²) in [6.07, 6.45) is 0.599. The zero-order valence-electron chi connectivity index (χ0n) is 13.5. The number of oxime groups is 1. The van der Waals surface area contributed by atoms with Crippen LogP contribution in [0.5, 0.6) is 0 Å². The smallest absolute Gasteiger partial charge is 0.437 e. The topological polar surface area (TPSA) is 63.8 Å². The Balaban J connectivity index is 1.47. The third-order valence-corrected chi connectivity index (χ3v) is 3.83. The highest BCUT2D eigenvalue weighted by molar-refractivity contribution is 6.06. The van der Waals surface area contributed by atoms with Gasteiger partial charge in [0.2, 0.25) is 0 Å². The molecule has 0 fully saturated rings. The molecule has 0 aliphatic rings. The van der Waals surface area contributed by atoms with Crippen LogP contribution < -0.4 is 5.32 Å². The summed E-state index contributed by atoms with van der Waals surface area (Å²) in [5.41, 5.74) is 2.70. The van der Waals surface area contributed by atoms with E-state index in [1.54, 1.807) is 12.1 Å². The van der Waals surface area contributed by atoms with Gasteiger partial charge in [-0.1, -0.05) is 35.5 Å². The number of hydrogen-bond donors (Lipinski definition) is 1. The summed E-state index contributed by atoms with van der Waals surface area (Å²) in [5.74, 6) is -0.344. The van der Waals surface area contributed by atoms with Crippen molar-refractivity contribution in [1.82, 2.24) is 0 Å². The third-order valence-electron chi connectivity index (χ3n) is 3.83. The van der Waals surface area contributed by atoms with E-state index < -0.39 is 6.09 Å². The molecule has 3 aromatic carbocycles. The number of fused-ring (bicyclic) bond motifs is 3. The second-order valence-corrected chi connectivity index (χ2v) is 5.60. The van der Waals surface area contributed by atoms with Crippen LogP contribution in [0.1, 0.15) is 5.56 Å². The van der Waals surface area contributed by atoms with Crippen molar-refractivity contribution in [1.29, 1.82) is 0 Å². The van der Waals surface area contributed by atoms with Gasteiger partial charge in [0.25, 0.3) is 0 Å². The van der Waals surface area contributed by atoms with Gasteiger partial charge < -0.3 is 4.42 Å². The van der Waals surface area contributed by atoms with Crippen LogP contribution in [0.3, 0.4) is 0 Å². The molecule has 4 aromatic rings. The van der Waals surface area contributed by atoms with Crippen molar-refractivity contribution >= 4 is 39.9 Å². The molecule has 4 rings (SSSR count). The Kier molecular flexibility index (Phi) is 4.07. The molecular weight excluding hydrogens is 335 g/mol. The van der Waals surface area contributed by atoms with Crippen molar-refractivity contribution < 1.29 is 18.4 Å². The molecule has 1 heterocycles. The molecule has 26 heavy (non-hydrogen) atoms. The largest absolute Gasteiger partial charge is 0.456 e. The quantitative estimate of drug-likeness (QED) is 0.310. The molecule has 128 valence electrons. The molecule has 1 aromatic heterocycles. The number of para-hydroxylation sites is 1. The zero-order chi connectivity index (χ0) is 17.9. The molecule has 0 aliphatic heterocycles. The normalized spacial score (nSPS) is 11.3. The van der Waals surface area contributed by atoms with E-state index in [4.69, 9.17) is 9.25 Å². The maximum absolute atomic E-state index is 12.8. The molecule has 0 aliphatic carbocycles. The van der Waals surface area contributed by atoms with Crippen LogP contribution in [-0.4, -0.2) is 12.3 Å². The molecule has 0 unspecified atom stereocenters. The van der Waals surface area contributed by atoms with Gasteiger partial charge in [0.15, 0.2) is 0 Å². The SMILES string of the molecule is O=C(Nc1ccc2oc3ccccc3c2c1)O/N=C/c1ccc(F)cc1. The van der Waals surface area contributed by atoms with Crippen molar-refractivity contribution in [2.45, 2.75) is 0 Å². The van der Waals surface area contributed by atoms with Gasteiger partial charge in [-0.2, -0.15) is 0 Å². The molecule has 0 spiro atoms. The summed E-state index contributed by atoms with van der Waals surface area (Å²) in [7, 11) is 0. The predicted molar refractivity (Wildman–Crippen MR) is 97.8 cm³/mol. The van der Waals surface area contributed by atoms with Crippen molar-refractivity contribution in [3.05, 3.63) is 78.1 Å². The van der Waals surface area contributed by atoms with Crippen LogP contribution in [0.25, 0.3) is 21.9 Å². The van der Waals surface area contributed by atoms with Gasteiger partial charge in [-0.25, -0.2) is 9.18 Å². The molecule has 0 bridgehead atoms. The molecule has 5 nitrogen and oxygen atoms in total. The second kappa shape index (κ2) is 6.68. The van der Waals surface area contributed by atoms with Crippen LogP contribution in [0.4, 0.5) is 14.9 Å². The fourth-order valence-corrected chi connectivity index (χ4v) is 2.63. The highest BCUT2D eigenvalue weighted by Crippen LogP contribution is 2.30. The summed E-state index contributed by atoms with van der Waals surface area (Å²) >= 11 is 0. The minimum atomic E-state index is -0.726. The van der Waals surface area contributed by atoms with E-state index >= 15 is 0 Å². The summed E-state index contributed by atoms with van der Waals surface area (Å²) in [6.45, 7) is 0. The van der Waals surface area contributed by atoms with E-state index in [1.807, 2.05) is 30.3 Å². The summed E-state index contributed by atoms with van der Waals surface area (Å²) in [5, 5.41) is 8.06. The fraction of sp³-hybridized carbons (Fsp3) is 0. The van der Waals surface area contributed by atoms with Crippen molar-refractivity contribution in [3.63, 3.8) is 0 Å². The predicted octanol–water partition coefficient (Wildman–Crippen LogP) is 5.31. The Morgan fingerprint density at radius 3 is 2.62 bits per heavy atom. The second-order valence-electron chi connectivity index (χ2n) is 5.60. The number of halogens is 1. The highest BCUT2D eigenvalue weighted by atomic mass is 19.1. The van der Waals surface area contributed by atoms with E-state index in [0.29, 0.717) is 11.3 Å². The van der Waals surface area contributed by atoms with Crippen LogP contribution >= 0.6 is 0 Å². The molecule has 0 radical (unpaired) electrons. The van der Waals surface area contributed by atoms with Gasteiger partial charge in [-0.05, 0) is 42.0 Å². The minimum absolute atomic E-state index is 0.344. The highest BCUT2D eigenvalue weighted by Gasteiger charge is 2.09. The molecule has 0 saturated heterocycles. The van der Waals surface area contributed by atoms with E-state index in [2.05, 4.69) is 10.5 Å². The monoisotopic (exact) mass is 348 g/mol. The van der Waals surface area contributed by atoms with Crippen molar-refractivity contribution in [2.24, 2.45) is 5.16 Å². The summed E-state index contributed by atoms with van der Waals surface area (Å²) < 4.78 is 18.6. The maximum atomic E-state index is 12.8. The van der Waals surface area contributed by atoms with E-state index in [-0.39, 0.29) is 5.82 Å². The number of nitrogens with one attached hydrogen (secondary N) is 1. The number of amides is 1. The van der Waals surface area contributed by atoms with Gasteiger partial charge in [0.1, 0.15) is 17.0 Å². The molecule has 6 heteroatoms. The standard InChI is InChI=1S/C20H13FN2O3/c21-14-7-5-13(6-8-14)12-22-26-20(24)23-15-9-10-19-17(11-15)16-3-1-2-4-18(16)25-19/h1-12H,(H,23,24)/b22-12+. The van der Waals surface area contributed by atoms with Crippen LogP contribution in [0.2, 0.25) is 0 Å². The van der Waals surface area contributed by atoms with Gasteiger partial charge in [-0.15, -0.1) is 0 Å². The van der Waals surface area contributed by atoms with Gasteiger partial charge in [0, 0.05) is 16.5 Å². The number of nitrogens with zero attached hydrogens (tertiary/aromatic N) is 1. The molecule has 1 N–H and O–H groups in total. The average molecular weight is 348 g/mol. The summed E-state index contributed by atoms with van der Waals surface area (Å²) in [6, 6.07) is 18.6. The van der Waals surface area contributed by atoms with Crippen LogP contribution in [0, 0.1) is 5.82 Å². The van der Waals surface area contributed by atoms with Gasteiger partial charge >= 0.3 is 6.09 Å². The lowest BCUT2D eigenvalue weighted by Crippen LogP contribution is -2.10. The van der Waals surface area contributed by atoms with E-state index in [0.717, 1.165) is 21.9 Å². The molecule has 0 atom stereocenters. The maximum Gasteiger partial charge on any atom is 0.437 e. The Morgan fingerprint density at radius 2 is 1.77 bits per heavy atom. The average Bonchev–Trinajstić information content (AvgIpc) is 3.01. The number of rotatable bonds is 3. The Bertz CT molecular complexity index is 1120. The number of hydrogen-bond acceptors (Lipinski definition) is 4. The molecule has 0 saturated carbocycles. The number of anilines is 1. The lowest BCUT2D eigenvalue weighted by molar-refractivity contribution is 0.167. The van der Waals surface area contributed by atoms with Crippen LogP contribution in [0.15, 0.2) is 76.3 Å². The van der Waals surface area contributed by atoms with Crippen molar-refractivity contribution in [3.8, 4) is 0 Å². The zero-order valence-corrected chi connectivity index (χ0v) is 13.5. The van der Waals surface area contributed by atoms with Gasteiger partial charge in [-0.3, -0.25) is 10.2 Å². The first-order valence-corrected chi connectivity index (χ1v) is 7.87. The van der Waals surface area contributed by atoms with E-state index in [9.17, 15) is 9.18 Å². The Labute approximate surface area is 147 Å². The minimum Gasteiger partial charge on any atom is -0.456 e. The lowest BCUT2D eigenvalue weighted by Gasteiger charge is -2.02. The lowest BCUT2D eigenvalue weighted by atomic mass is 10.1. The number of furan rings is 1. The first-order valence-electron chi connectivity index (χ1n) is 7.87. The van der Waals surface area contributed by atoms with Gasteiger partial charge in [0.05, 0.1) is 6.21 Å². The fourth-order valence-electron chi connectivity index (χ4n) is 2.63. The van der Waals surface area contributed by atoms with Crippen molar-refractivity contribution in [2.75, 3.05) is 5.32 Å². The van der Waals surface area contributed by atoms with Crippen LogP contribution in [-0.2, 0) is 4.84 Å².